The molecule has 140 valence electrons. The molecule has 3 heterocycles. The number of hydrogen-bond acceptors (Lipinski definition) is 4. The summed E-state index contributed by atoms with van der Waals surface area (Å²) < 4.78 is 0. The van der Waals surface area contributed by atoms with Crippen LogP contribution in [0.15, 0.2) is 36.5 Å². The molecule has 1 fully saturated rings. The first-order chi connectivity index (χ1) is 13.2. The Labute approximate surface area is 159 Å². The molecule has 27 heavy (non-hydrogen) atoms. The predicted molar refractivity (Wildman–Crippen MR) is 108 cm³/mol. The standard InChI is InChI=1S/C21H25N5O/c1-2-3-8-19-24-17-10-9-15(14-18(17)25-19)23-21(27)16-7-6-11-22-20(16)26-12-4-5-13-26/h6-7,9-11,14H,2-5,8,12-13H2,1H3,(H,23,27)(H,24,25). The van der Waals surface area contributed by atoms with Gasteiger partial charge < -0.3 is 15.2 Å². The average Bonchev–Trinajstić information content (AvgIpc) is 3.35. The number of pyridine rings is 1. The Morgan fingerprint density at radius 3 is 2.93 bits per heavy atom. The highest BCUT2D eigenvalue weighted by Crippen LogP contribution is 2.24. The summed E-state index contributed by atoms with van der Waals surface area (Å²) in [6.45, 7) is 4.08. The van der Waals surface area contributed by atoms with Crippen LogP contribution < -0.4 is 10.2 Å². The van der Waals surface area contributed by atoms with Gasteiger partial charge in [-0.15, -0.1) is 0 Å². The molecule has 0 radical (unpaired) electrons. The molecule has 4 rings (SSSR count). The van der Waals surface area contributed by atoms with Crippen LogP contribution in [0.1, 0.15) is 48.8 Å². The second-order valence-electron chi connectivity index (χ2n) is 7.04. The van der Waals surface area contributed by atoms with Crippen molar-refractivity contribution in [1.82, 2.24) is 15.0 Å². The zero-order valence-corrected chi connectivity index (χ0v) is 15.7. The van der Waals surface area contributed by atoms with Gasteiger partial charge >= 0.3 is 0 Å². The zero-order chi connectivity index (χ0) is 18.6. The SMILES string of the molecule is CCCCc1nc2ccc(NC(=O)c3cccnc3N3CCCC3)cc2[nH]1. The third-order valence-corrected chi connectivity index (χ3v) is 4.99. The van der Waals surface area contributed by atoms with Crippen LogP contribution in [-0.4, -0.2) is 33.9 Å². The largest absolute Gasteiger partial charge is 0.356 e. The number of aryl methyl sites for hydroxylation is 1. The number of nitrogens with one attached hydrogen (secondary N) is 2. The van der Waals surface area contributed by atoms with E-state index in [4.69, 9.17) is 0 Å². The number of carbonyl (C=O) groups is 1. The van der Waals surface area contributed by atoms with Crippen LogP contribution in [0, 0.1) is 0 Å². The van der Waals surface area contributed by atoms with Crippen LogP contribution in [0.3, 0.4) is 0 Å². The summed E-state index contributed by atoms with van der Waals surface area (Å²) in [5.41, 5.74) is 3.25. The Morgan fingerprint density at radius 2 is 2.11 bits per heavy atom. The maximum Gasteiger partial charge on any atom is 0.259 e. The average molecular weight is 363 g/mol. The zero-order valence-electron chi connectivity index (χ0n) is 15.7. The van der Waals surface area contributed by atoms with Gasteiger partial charge in [-0.3, -0.25) is 4.79 Å². The maximum atomic E-state index is 12.9. The van der Waals surface area contributed by atoms with E-state index >= 15 is 0 Å². The van der Waals surface area contributed by atoms with E-state index in [1.54, 1.807) is 6.20 Å². The van der Waals surface area contributed by atoms with Crippen LogP contribution >= 0.6 is 0 Å². The highest BCUT2D eigenvalue weighted by Gasteiger charge is 2.20. The quantitative estimate of drug-likeness (QED) is 0.690. The van der Waals surface area contributed by atoms with Gasteiger partial charge in [-0.2, -0.15) is 0 Å². The van der Waals surface area contributed by atoms with Gasteiger partial charge in [-0.05, 0) is 49.6 Å². The van der Waals surface area contributed by atoms with Crippen molar-refractivity contribution < 1.29 is 4.79 Å². The third-order valence-electron chi connectivity index (χ3n) is 4.99. The van der Waals surface area contributed by atoms with Crippen LogP contribution in [0.25, 0.3) is 11.0 Å². The van der Waals surface area contributed by atoms with E-state index in [1.165, 1.54) is 0 Å². The number of fused-ring (bicyclic) bond motifs is 1. The Kier molecular flexibility index (Phi) is 5.05. The van der Waals surface area contributed by atoms with Crippen LogP contribution in [0.4, 0.5) is 11.5 Å². The molecule has 2 aromatic heterocycles. The predicted octanol–water partition coefficient (Wildman–Crippen LogP) is 4.15. The molecule has 6 nitrogen and oxygen atoms in total. The molecular weight excluding hydrogens is 338 g/mol. The molecule has 0 unspecified atom stereocenters. The molecule has 1 aromatic carbocycles. The molecule has 2 N–H and O–H groups in total. The monoisotopic (exact) mass is 363 g/mol. The van der Waals surface area contributed by atoms with E-state index in [-0.39, 0.29) is 5.91 Å². The lowest BCUT2D eigenvalue weighted by molar-refractivity contribution is 0.102. The summed E-state index contributed by atoms with van der Waals surface area (Å²) in [6.07, 6.45) is 7.25. The summed E-state index contributed by atoms with van der Waals surface area (Å²) in [6, 6.07) is 9.44. The van der Waals surface area contributed by atoms with Crippen molar-refractivity contribution in [2.24, 2.45) is 0 Å². The summed E-state index contributed by atoms with van der Waals surface area (Å²) in [7, 11) is 0. The Morgan fingerprint density at radius 1 is 1.26 bits per heavy atom. The van der Waals surface area contributed by atoms with Gasteiger partial charge in [-0.1, -0.05) is 13.3 Å². The second-order valence-corrected chi connectivity index (χ2v) is 7.04. The van der Waals surface area contributed by atoms with Crippen molar-refractivity contribution in [3.05, 3.63) is 47.9 Å². The van der Waals surface area contributed by atoms with Crippen LogP contribution in [-0.2, 0) is 6.42 Å². The number of aromatic amines is 1. The number of H-pyrrole nitrogens is 1. The minimum Gasteiger partial charge on any atom is -0.356 e. The molecule has 3 aromatic rings. The number of amides is 1. The molecule has 0 atom stereocenters. The van der Waals surface area contributed by atoms with E-state index in [2.05, 4.69) is 32.1 Å². The molecule has 0 bridgehead atoms. The van der Waals surface area contributed by atoms with E-state index in [0.29, 0.717) is 5.56 Å². The fourth-order valence-corrected chi connectivity index (χ4v) is 3.56. The number of nitrogens with zero attached hydrogens (tertiary/aromatic N) is 3. The van der Waals surface area contributed by atoms with E-state index in [1.807, 2.05) is 30.3 Å². The minimum absolute atomic E-state index is 0.130. The minimum atomic E-state index is -0.130. The summed E-state index contributed by atoms with van der Waals surface area (Å²) >= 11 is 0. The molecule has 1 aliphatic heterocycles. The van der Waals surface area contributed by atoms with Crippen molar-refractivity contribution in [2.45, 2.75) is 39.0 Å². The number of unbranched alkanes of at least 4 members (excludes halogenated alkanes) is 1. The lowest BCUT2D eigenvalue weighted by Crippen LogP contribution is -2.24. The number of imidazole rings is 1. The smallest absolute Gasteiger partial charge is 0.259 e. The molecule has 0 spiro atoms. The van der Waals surface area contributed by atoms with Gasteiger partial charge in [0.25, 0.3) is 5.91 Å². The molecule has 1 amide bonds. The lowest BCUT2D eigenvalue weighted by atomic mass is 10.2. The van der Waals surface area contributed by atoms with Crippen LogP contribution in [0.5, 0.6) is 0 Å². The summed E-state index contributed by atoms with van der Waals surface area (Å²) in [5, 5.41) is 3.01. The normalized spacial score (nSPS) is 14.0. The lowest BCUT2D eigenvalue weighted by Gasteiger charge is -2.19. The van der Waals surface area contributed by atoms with Crippen molar-refractivity contribution in [2.75, 3.05) is 23.3 Å². The van der Waals surface area contributed by atoms with Gasteiger partial charge in [0, 0.05) is 31.4 Å². The number of hydrogen-bond donors (Lipinski definition) is 2. The maximum absolute atomic E-state index is 12.9. The van der Waals surface area contributed by atoms with Gasteiger partial charge in [0.1, 0.15) is 11.6 Å². The first-order valence-electron chi connectivity index (χ1n) is 9.74. The molecule has 0 aliphatic carbocycles. The van der Waals surface area contributed by atoms with Gasteiger partial charge in [0.15, 0.2) is 0 Å². The van der Waals surface area contributed by atoms with Crippen molar-refractivity contribution in [3.8, 4) is 0 Å². The Balaban J connectivity index is 1.54. The van der Waals surface area contributed by atoms with E-state index < -0.39 is 0 Å². The molecular formula is C21H25N5O. The molecule has 1 aliphatic rings. The molecule has 1 saturated heterocycles. The number of carbonyl (C=O) groups excluding carboxylic acids is 1. The number of anilines is 2. The van der Waals surface area contributed by atoms with E-state index in [9.17, 15) is 4.79 Å². The number of benzene rings is 1. The van der Waals surface area contributed by atoms with Gasteiger partial charge in [0.05, 0.1) is 16.6 Å². The Bertz CT molecular complexity index is 943. The fourth-order valence-electron chi connectivity index (χ4n) is 3.56. The van der Waals surface area contributed by atoms with Crippen LogP contribution in [0.2, 0.25) is 0 Å². The summed E-state index contributed by atoms with van der Waals surface area (Å²) in [5.74, 6) is 1.64. The topological polar surface area (TPSA) is 73.9 Å². The van der Waals surface area contributed by atoms with Gasteiger partial charge in [-0.25, -0.2) is 9.97 Å². The third kappa shape index (κ3) is 3.79. The fraction of sp³-hybridized carbons (Fsp3) is 0.381. The summed E-state index contributed by atoms with van der Waals surface area (Å²) in [4.78, 5) is 27.5. The Hall–Kier alpha value is -2.89. The first kappa shape index (κ1) is 17.5. The second kappa shape index (κ2) is 7.78. The molecule has 0 saturated carbocycles. The van der Waals surface area contributed by atoms with Crippen molar-refractivity contribution >= 4 is 28.4 Å². The number of aromatic nitrogens is 3. The van der Waals surface area contributed by atoms with Crippen molar-refractivity contribution in [3.63, 3.8) is 0 Å². The van der Waals surface area contributed by atoms with Gasteiger partial charge in [0.2, 0.25) is 0 Å². The molecule has 6 heteroatoms. The first-order valence-corrected chi connectivity index (χ1v) is 9.74. The number of rotatable bonds is 6. The highest BCUT2D eigenvalue weighted by molar-refractivity contribution is 6.08. The van der Waals surface area contributed by atoms with Crippen molar-refractivity contribution in [1.29, 1.82) is 0 Å². The van der Waals surface area contributed by atoms with E-state index in [0.717, 1.165) is 73.6 Å². The highest BCUT2D eigenvalue weighted by atomic mass is 16.1.